The lowest BCUT2D eigenvalue weighted by Crippen LogP contribution is -2.55. The van der Waals surface area contributed by atoms with E-state index in [-0.39, 0.29) is 12.1 Å². The molecule has 0 aliphatic carbocycles. The molecule has 19 heavy (non-hydrogen) atoms. The topological polar surface area (TPSA) is 49.4 Å². The largest absolute Gasteiger partial charge is 0.309 e. The highest BCUT2D eigenvalue weighted by atomic mass is 79.9. The monoisotopic (exact) mass is 346 g/mol. The highest BCUT2D eigenvalue weighted by Gasteiger charge is 2.31. The lowest BCUT2D eigenvalue weighted by Gasteiger charge is -2.35. The molecule has 1 aliphatic heterocycles. The van der Waals surface area contributed by atoms with Gasteiger partial charge in [0.25, 0.3) is 0 Å². The molecule has 2 atom stereocenters. The van der Waals surface area contributed by atoms with Crippen LogP contribution in [-0.4, -0.2) is 37.9 Å². The minimum atomic E-state index is -3.39. The van der Waals surface area contributed by atoms with Crippen molar-refractivity contribution in [2.24, 2.45) is 0 Å². The van der Waals surface area contributed by atoms with Crippen LogP contribution >= 0.6 is 15.9 Å². The predicted octanol–water partition coefficient (Wildman–Crippen LogP) is 2.13. The Morgan fingerprint density at radius 1 is 1.26 bits per heavy atom. The van der Waals surface area contributed by atoms with E-state index in [0.717, 1.165) is 10.0 Å². The Morgan fingerprint density at radius 2 is 1.84 bits per heavy atom. The number of aryl methyl sites for hydroxylation is 1. The Kier molecular flexibility index (Phi) is 4.35. The maximum absolute atomic E-state index is 12.6. The van der Waals surface area contributed by atoms with Crippen molar-refractivity contribution < 1.29 is 8.42 Å². The molecule has 0 saturated carbocycles. The maximum Gasteiger partial charge on any atom is 0.243 e. The van der Waals surface area contributed by atoms with E-state index in [1.165, 1.54) is 0 Å². The summed E-state index contributed by atoms with van der Waals surface area (Å²) in [5, 5.41) is 3.34. The summed E-state index contributed by atoms with van der Waals surface area (Å²) in [5.41, 5.74) is 0.928. The normalized spacial score (nSPS) is 25.5. The van der Waals surface area contributed by atoms with Crippen LogP contribution in [0.15, 0.2) is 27.6 Å². The molecule has 1 aromatic rings. The molecular formula is C13H19BrN2O2S. The van der Waals surface area contributed by atoms with Crippen molar-refractivity contribution in [3.8, 4) is 0 Å². The summed E-state index contributed by atoms with van der Waals surface area (Å²) in [6.45, 7) is 6.94. The summed E-state index contributed by atoms with van der Waals surface area (Å²) >= 11 is 3.39. The molecule has 1 aliphatic rings. The Hall–Kier alpha value is -0.430. The summed E-state index contributed by atoms with van der Waals surface area (Å²) in [6, 6.07) is 5.52. The average molecular weight is 347 g/mol. The van der Waals surface area contributed by atoms with Crippen LogP contribution in [-0.2, 0) is 10.0 Å². The van der Waals surface area contributed by atoms with E-state index in [9.17, 15) is 8.42 Å². The van der Waals surface area contributed by atoms with Gasteiger partial charge in [-0.05, 0) is 44.5 Å². The molecule has 2 unspecified atom stereocenters. The van der Waals surface area contributed by atoms with Crippen LogP contribution in [0.4, 0.5) is 0 Å². The molecule has 1 N–H and O–H groups in total. The first kappa shape index (κ1) is 15.0. The van der Waals surface area contributed by atoms with Gasteiger partial charge in [-0.15, -0.1) is 0 Å². The summed E-state index contributed by atoms with van der Waals surface area (Å²) in [5.74, 6) is 0. The van der Waals surface area contributed by atoms with Gasteiger partial charge < -0.3 is 5.32 Å². The van der Waals surface area contributed by atoms with E-state index in [2.05, 4.69) is 21.2 Å². The second kappa shape index (κ2) is 5.52. The quantitative estimate of drug-likeness (QED) is 0.892. The minimum absolute atomic E-state index is 0.176. The first-order chi connectivity index (χ1) is 8.80. The number of hydrogen-bond acceptors (Lipinski definition) is 3. The average Bonchev–Trinajstić information content (AvgIpc) is 2.31. The molecule has 0 aromatic heterocycles. The zero-order valence-electron chi connectivity index (χ0n) is 11.4. The van der Waals surface area contributed by atoms with Crippen molar-refractivity contribution in [3.63, 3.8) is 0 Å². The van der Waals surface area contributed by atoms with Crippen LogP contribution in [0.25, 0.3) is 0 Å². The van der Waals surface area contributed by atoms with Crippen LogP contribution < -0.4 is 5.32 Å². The van der Waals surface area contributed by atoms with Gasteiger partial charge in [-0.2, -0.15) is 4.31 Å². The van der Waals surface area contributed by atoms with Gasteiger partial charge in [0.15, 0.2) is 0 Å². The highest BCUT2D eigenvalue weighted by molar-refractivity contribution is 9.10. The number of halogens is 1. The fourth-order valence-corrected chi connectivity index (χ4v) is 4.35. The molecule has 1 heterocycles. The number of sulfonamides is 1. The van der Waals surface area contributed by atoms with Crippen LogP contribution in [0, 0.1) is 6.92 Å². The number of nitrogens with zero attached hydrogens (tertiary/aromatic N) is 1. The summed E-state index contributed by atoms with van der Waals surface area (Å²) < 4.78 is 27.7. The van der Waals surface area contributed by atoms with Gasteiger partial charge in [0.2, 0.25) is 10.0 Å². The molecule has 0 amide bonds. The minimum Gasteiger partial charge on any atom is -0.309 e. The number of hydrogen-bond donors (Lipinski definition) is 1. The molecule has 1 aromatic carbocycles. The lowest BCUT2D eigenvalue weighted by atomic mass is 10.2. The molecule has 2 rings (SSSR count). The van der Waals surface area contributed by atoms with Crippen LogP contribution in [0.2, 0.25) is 0 Å². The first-order valence-electron chi connectivity index (χ1n) is 6.33. The molecule has 0 radical (unpaired) electrons. The Balaban J connectivity index is 2.33. The van der Waals surface area contributed by atoms with Crippen molar-refractivity contribution >= 4 is 26.0 Å². The number of nitrogens with one attached hydrogen (secondary N) is 1. The first-order valence-corrected chi connectivity index (χ1v) is 8.56. The predicted molar refractivity (Wildman–Crippen MR) is 79.7 cm³/mol. The third-order valence-corrected chi connectivity index (χ3v) is 6.01. The molecule has 0 spiro atoms. The Morgan fingerprint density at radius 3 is 2.37 bits per heavy atom. The van der Waals surface area contributed by atoms with Gasteiger partial charge in [-0.1, -0.05) is 15.9 Å². The van der Waals surface area contributed by atoms with E-state index in [4.69, 9.17) is 0 Å². The molecular weight excluding hydrogens is 328 g/mol. The highest BCUT2D eigenvalue weighted by Crippen LogP contribution is 2.23. The molecule has 6 heteroatoms. The van der Waals surface area contributed by atoms with E-state index in [1.54, 1.807) is 22.5 Å². The molecule has 1 saturated heterocycles. The second-order valence-electron chi connectivity index (χ2n) is 5.20. The van der Waals surface area contributed by atoms with Gasteiger partial charge in [0.05, 0.1) is 4.90 Å². The summed E-state index contributed by atoms with van der Waals surface area (Å²) in [6.07, 6.45) is 0. The molecule has 4 nitrogen and oxygen atoms in total. The maximum atomic E-state index is 12.6. The Labute approximate surface area is 123 Å². The fourth-order valence-electron chi connectivity index (χ4n) is 2.40. The summed E-state index contributed by atoms with van der Waals surface area (Å²) in [4.78, 5) is 0.370. The standard InChI is InChI=1S/C13H19BrN2O2S/c1-9-6-12(4-5-13(9)14)19(17,18)16-7-10(2)15-11(3)8-16/h4-6,10-11,15H,7-8H2,1-3H3. The third-order valence-electron chi connectivity index (χ3n) is 3.29. The second-order valence-corrected chi connectivity index (χ2v) is 7.99. The van der Waals surface area contributed by atoms with E-state index in [0.29, 0.717) is 18.0 Å². The van der Waals surface area contributed by atoms with Gasteiger partial charge in [0.1, 0.15) is 0 Å². The molecule has 106 valence electrons. The number of piperazine rings is 1. The SMILES string of the molecule is Cc1cc(S(=O)(=O)N2CC(C)NC(C)C2)ccc1Br. The lowest BCUT2D eigenvalue weighted by molar-refractivity contribution is 0.263. The summed E-state index contributed by atoms with van der Waals surface area (Å²) in [7, 11) is -3.39. The number of benzene rings is 1. The van der Waals surface area contributed by atoms with Gasteiger partial charge in [-0.25, -0.2) is 8.42 Å². The molecule has 1 fully saturated rings. The molecule has 0 bridgehead atoms. The van der Waals surface area contributed by atoms with E-state index >= 15 is 0 Å². The number of rotatable bonds is 2. The van der Waals surface area contributed by atoms with Crippen molar-refractivity contribution in [2.45, 2.75) is 37.8 Å². The van der Waals surface area contributed by atoms with Crippen molar-refractivity contribution in [1.82, 2.24) is 9.62 Å². The van der Waals surface area contributed by atoms with Gasteiger partial charge in [-0.3, -0.25) is 0 Å². The van der Waals surface area contributed by atoms with Gasteiger partial charge in [0, 0.05) is 29.6 Å². The Bertz CT molecular complexity index is 564. The van der Waals surface area contributed by atoms with Crippen LogP contribution in [0.1, 0.15) is 19.4 Å². The fraction of sp³-hybridized carbons (Fsp3) is 0.538. The van der Waals surface area contributed by atoms with Crippen LogP contribution in [0.3, 0.4) is 0 Å². The van der Waals surface area contributed by atoms with E-state index < -0.39 is 10.0 Å². The zero-order chi connectivity index (χ0) is 14.2. The van der Waals surface area contributed by atoms with Crippen molar-refractivity contribution in [1.29, 1.82) is 0 Å². The van der Waals surface area contributed by atoms with Crippen molar-refractivity contribution in [2.75, 3.05) is 13.1 Å². The smallest absolute Gasteiger partial charge is 0.243 e. The van der Waals surface area contributed by atoms with Crippen molar-refractivity contribution in [3.05, 3.63) is 28.2 Å². The van der Waals surface area contributed by atoms with Crippen LogP contribution in [0.5, 0.6) is 0 Å². The zero-order valence-corrected chi connectivity index (χ0v) is 13.8. The third kappa shape index (κ3) is 3.18. The van der Waals surface area contributed by atoms with Gasteiger partial charge >= 0.3 is 0 Å². The van der Waals surface area contributed by atoms with E-state index in [1.807, 2.05) is 20.8 Å².